The van der Waals surface area contributed by atoms with Crippen molar-refractivity contribution in [1.82, 2.24) is 4.90 Å². The lowest BCUT2D eigenvalue weighted by Gasteiger charge is -2.13. The number of para-hydroxylation sites is 1. The van der Waals surface area contributed by atoms with Crippen molar-refractivity contribution in [2.45, 2.75) is 20.3 Å². The first-order chi connectivity index (χ1) is 15.0. The van der Waals surface area contributed by atoms with Gasteiger partial charge in [0.15, 0.2) is 11.5 Å². The second kappa shape index (κ2) is 11.4. The minimum atomic E-state index is -0.0608. The number of rotatable bonds is 10. The van der Waals surface area contributed by atoms with Crippen LogP contribution in [0.2, 0.25) is 5.02 Å². The van der Waals surface area contributed by atoms with Crippen LogP contribution in [-0.4, -0.2) is 41.5 Å². The van der Waals surface area contributed by atoms with E-state index >= 15 is 0 Å². The Morgan fingerprint density at radius 1 is 1.03 bits per heavy atom. The molecule has 2 aromatic rings. The number of likely N-dealkylation sites (N-methyl/N-ethyl adjacent to an activating group) is 1. The summed E-state index contributed by atoms with van der Waals surface area (Å²) in [5, 5.41) is 0.591. The molecule has 1 amide bonds. The van der Waals surface area contributed by atoms with Gasteiger partial charge in [-0.15, -0.1) is 0 Å². The van der Waals surface area contributed by atoms with Crippen molar-refractivity contribution in [3.05, 3.63) is 58.0 Å². The Morgan fingerprint density at radius 3 is 2.45 bits per heavy atom. The number of carbonyl (C=O) groups excluding carboxylic acids is 1. The highest BCUT2D eigenvalue weighted by atomic mass is 35.5. The maximum atomic E-state index is 12.4. The molecule has 1 aliphatic heterocycles. The summed E-state index contributed by atoms with van der Waals surface area (Å²) in [6.45, 7) is 5.86. The average Bonchev–Trinajstić information content (AvgIpc) is 3.02. The van der Waals surface area contributed by atoms with Gasteiger partial charge in [-0.2, -0.15) is 0 Å². The molecule has 0 aromatic heterocycles. The first-order valence-corrected chi connectivity index (χ1v) is 11.7. The largest absolute Gasteiger partial charge is 0.492 e. The van der Waals surface area contributed by atoms with Crippen LogP contribution < -0.4 is 14.2 Å². The molecule has 2 aromatic carbocycles. The Labute approximate surface area is 197 Å². The van der Waals surface area contributed by atoms with Crippen LogP contribution in [0, 0.1) is 0 Å². The van der Waals surface area contributed by atoms with Gasteiger partial charge in [0, 0.05) is 13.0 Å². The van der Waals surface area contributed by atoms with Gasteiger partial charge in [-0.25, -0.2) is 0 Å². The van der Waals surface area contributed by atoms with Gasteiger partial charge in [0.05, 0.1) is 29.7 Å². The molecule has 8 heteroatoms. The van der Waals surface area contributed by atoms with Crippen LogP contribution >= 0.6 is 35.6 Å². The van der Waals surface area contributed by atoms with Gasteiger partial charge in [-0.1, -0.05) is 53.8 Å². The molecule has 0 aliphatic carbocycles. The lowest BCUT2D eigenvalue weighted by Crippen LogP contribution is -2.27. The molecule has 1 fully saturated rings. The van der Waals surface area contributed by atoms with Gasteiger partial charge in [-0.3, -0.25) is 9.69 Å². The highest BCUT2D eigenvalue weighted by molar-refractivity contribution is 8.26. The normalized spacial score (nSPS) is 14.9. The van der Waals surface area contributed by atoms with Crippen molar-refractivity contribution in [1.29, 1.82) is 0 Å². The number of hydrogen-bond donors (Lipinski definition) is 0. The smallest absolute Gasteiger partial charge is 0.266 e. The standard InChI is InChI=1S/C23H24ClNO4S2/c1-3-25-22(26)21(31-23(25)30)15-16-10-11-19(20(14-16)27-4-2)29-13-7-12-28-18-9-6-5-8-17(18)24/h5-6,8-11,14-15H,3-4,7,12-13H2,1-2H3. The molecule has 0 unspecified atom stereocenters. The average molecular weight is 478 g/mol. The van der Waals surface area contributed by atoms with E-state index in [0.29, 0.717) is 64.3 Å². The molecule has 1 saturated heterocycles. The van der Waals surface area contributed by atoms with Gasteiger partial charge in [0.25, 0.3) is 5.91 Å². The minimum absolute atomic E-state index is 0.0608. The molecule has 1 aliphatic rings. The molecule has 5 nitrogen and oxygen atoms in total. The van der Waals surface area contributed by atoms with Crippen LogP contribution in [0.15, 0.2) is 47.4 Å². The molecule has 3 rings (SSSR count). The second-order valence-corrected chi connectivity index (χ2v) is 8.63. The lowest BCUT2D eigenvalue weighted by molar-refractivity contribution is -0.121. The Hall–Kier alpha value is -2.22. The Kier molecular flexibility index (Phi) is 8.63. The third kappa shape index (κ3) is 6.15. The quantitative estimate of drug-likeness (QED) is 0.244. The fourth-order valence-corrected chi connectivity index (χ4v) is 4.49. The van der Waals surface area contributed by atoms with Gasteiger partial charge in [0.1, 0.15) is 10.1 Å². The maximum Gasteiger partial charge on any atom is 0.266 e. The Morgan fingerprint density at radius 2 is 1.77 bits per heavy atom. The molecule has 0 saturated carbocycles. The van der Waals surface area contributed by atoms with E-state index in [9.17, 15) is 4.79 Å². The zero-order valence-electron chi connectivity index (χ0n) is 17.4. The number of thioether (sulfide) groups is 1. The number of ether oxygens (including phenoxy) is 3. The van der Waals surface area contributed by atoms with E-state index in [1.165, 1.54) is 11.8 Å². The second-order valence-electron chi connectivity index (χ2n) is 6.55. The fourth-order valence-electron chi connectivity index (χ4n) is 2.91. The van der Waals surface area contributed by atoms with Crippen molar-refractivity contribution in [3.8, 4) is 17.2 Å². The summed E-state index contributed by atoms with van der Waals surface area (Å²) < 4.78 is 17.9. The monoisotopic (exact) mass is 477 g/mol. The summed E-state index contributed by atoms with van der Waals surface area (Å²) in [4.78, 5) is 14.6. The Bertz CT molecular complexity index is 980. The van der Waals surface area contributed by atoms with E-state index in [1.807, 2.05) is 56.3 Å². The van der Waals surface area contributed by atoms with Crippen molar-refractivity contribution < 1.29 is 19.0 Å². The van der Waals surface area contributed by atoms with E-state index in [1.54, 1.807) is 11.0 Å². The molecule has 164 valence electrons. The predicted molar refractivity (Wildman–Crippen MR) is 130 cm³/mol. The zero-order chi connectivity index (χ0) is 22.2. The van der Waals surface area contributed by atoms with Gasteiger partial charge in [0.2, 0.25) is 0 Å². The number of amides is 1. The molecular formula is C23H24ClNO4S2. The number of thiocarbonyl (C=S) groups is 1. The summed E-state index contributed by atoms with van der Waals surface area (Å²) in [5.41, 5.74) is 0.856. The third-order valence-corrected chi connectivity index (χ3v) is 6.09. The SMILES string of the molecule is CCOc1cc(C=C2SC(=S)N(CC)C2=O)ccc1OCCCOc1ccccc1Cl. The van der Waals surface area contributed by atoms with Crippen molar-refractivity contribution in [2.24, 2.45) is 0 Å². The zero-order valence-corrected chi connectivity index (χ0v) is 19.8. The van der Waals surface area contributed by atoms with E-state index in [-0.39, 0.29) is 5.91 Å². The molecule has 1 heterocycles. The van der Waals surface area contributed by atoms with Crippen LogP contribution in [0.3, 0.4) is 0 Å². The summed E-state index contributed by atoms with van der Waals surface area (Å²) in [5.74, 6) is 1.89. The van der Waals surface area contributed by atoms with Crippen LogP contribution in [0.5, 0.6) is 17.2 Å². The van der Waals surface area contributed by atoms with E-state index in [2.05, 4.69) is 0 Å². The first kappa shape index (κ1) is 23.4. The van der Waals surface area contributed by atoms with E-state index in [0.717, 1.165) is 5.56 Å². The van der Waals surface area contributed by atoms with Crippen LogP contribution in [0.25, 0.3) is 6.08 Å². The van der Waals surface area contributed by atoms with Gasteiger partial charge >= 0.3 is 0 Å². The molecule has 31 heavy (non-hydrogen) atoms. The van der Waals surface area contributed by atoms with E-state index < -0.39 is 0 Å². The summed E-state index contributed by atoms with van der Waals surface area (Å²) in [6, 6.07) is 13.0. The number of halogens is 1. The van der Waals surface area contributed by atoms with Crippen LogP contribution in [0.1, 0.15) is 25.8 Å². The molecular weight excluding hydrogens is 454 g/mol. The number of nitrogens with zero attached hydrogens (tertiary/aromatic N) is 1. The Balaban J connectivity index is 1.60. The van der Waals surface area contributed by atoms with Crippen molar-refractivity contribution in [2.75, 3.05) is 26.4 Å². The predicted octanol–water partition coefficient (Wildman–Crippen LogP) is 5.81. The third-order valence-electron chi connectivity index (χ3n) is 4.40. The highest BCUT2D eigenvalue weighted by Gasteiger charge is 2.30. The fraction of sp³-hybridized carbons (Fsp3) is 0.304. The minimum Gasteiger partial charge on any atom is -0.492 e. The molecule has 0 radical (unpaired) electrons. The number of carbonyl (C=O) groups is 1. The topological polar surface area (TPSA) is 48.0 Å². The van der Waals surface area contributed by atoms with Gasteiger partial charge < -0.3 is 14.2 Å². The molecule has 0 spiro atoms. The number of hydrogen-bond acceptors (Lipinski definition) is 6. The van der Waals surface area contributed by atoms with Crippen LogP contribution in [0.4, 0.5) is 0 Å². The maximum absolute atomic E-state index is 12.4. The van der Waals surface area contributed by atoms with Crippen molar-refractivity contribution >= 4 is 51.9 Å². The summed E-state index contributed by atoms with van der Waals surface area (Å²) in [7, 11) is 0. The summed E-state index contributed by atoms with van der Waals surface area (Å²) >= 11 is 12.7. The molecule has 0 atom stereocenters. The highest BCUT2D eigenvalue weighted by Crippen LogP contribution is 2.34. The number of benzene rings is 2. The van der Waals surface area contributed by atoms with Crippen LogP contribution in [-0.2, 0) is 4.79 Å². The van der Waals surface area contributed by atoms with Crippen molar-refractivity contribution in [3.63, 3.8) is 0 Å². The molecule has 0 bridgehead atoms. The van der Waals surface area contributed by atoms with E-state index in [4.69, 9.17) is 38.0 Å². The lowest BCUT2D eigenvalue weighted by atomic mass is 10.2. The van der Waals surface area contributed by atoms with Gasteiger partial charge in [-0.05, 0) is 49.8 Å². The first-order valence-electron chi connectivity index (χ1n) is 10.1. The summed E-state index contributed by atoms with van der Waals surface area (Å²) in [6.07, 6.45) is 2.52. The molecule has 0 N–H and O–H groups in total.